The maximum absolute atomic E-state index is 13.6. The number of hydrogen-bond donors (Lipinski definition) is 2. The van der Waals surface area contributed by atoms with E-state index in [2.05, 4.69) is 10.2 Å². The van der Waals surface area contributed by atoms with E-state index in [0.29, 0.717) is 11.4 Å². The molecule has 1 heterocycles. The largest absolute Gasteiger partial charge is 0.494 e. The van der Waals surface area contributed by atoms with E-state index >= 15 is 0 Å². The van der Waals surface area contributed by atoms with E-state index in [1.54, 1.807) is 12.1 Å². The van der Waals surface area contributed by atoms with Gasteiger partial charge in [0, 0.05) is 11.3 Å². The Bertz CT molecular complexity index is 537. The van der Waals surface area contributed by atoms with Gasteiger partial charge in [-0.2, -0.15) is 5.10 Å². The number of ether oxygens (including phenoxy) is 1. The van der Waals surface area contributed by atoms with E-state index in [1.807, 2.05) is 6.92 Å². The fraction of sp³-hybridized carbons (Fsp3) is 0.250. The van der Waals surface area contributed by atoms with Gasteiger partial charge in [-0.05, 0) is 24.1 Å². The molecule has 1 aromatic carbocycles. The summed E-state index contributed by atoms with van der Waals surface area (Å²) in [6.07, 6.45) is 0.757. The Labute approximate surface area is 98.6 Å². The summed E-state index contributed by atoms with van der Waals surface area (Å²) in [7, 11) is 1.43. The maximum Gasteiger partial charge on any atom is 0.165 e. The summed E-state index contributed by atoms with van der Waals surface area (Å²) in [5.74, 6) is 0.188. The summed E-state index contributed by atoms with van der Waals surface area (Å²) < 4.78 is 18.5. The normalized spacial score (nSPS) is 10.5. The van der Waals surface area contributed by atoms with Gasteiger partial charge >= 0.3 is 0 Å². The van der Waals surface area contributed by atoms with Crippen molar-refractivity contribution >= 4 is 5.82 Å². The maximum atomic E-state index is 13.6. The van der Waals surface area contributed by atoms with Crippen LogP contribution in [0.15, 0.2) is 18.2 Å². The van der Waals surface area contributed by atoms with Crippen LogP contribution >= 0.6 is 0 Å². The summed E-state index contributed by atoms with van der Waals surface area (Å²) in [5, 5.41) is 6.78. The van der Waals surface area contributed by atoms with E-state index in [4.69, 9.17) is 10.5 Å². The van der Waals surface area contributed by atoms with Crippen LogP contribution in [0.25, 0.3) is 11.1 Å². The van der Waals surface area contributed by atoms with Gasteiger partial charge in [-0.25, -0.2) is 4.39 Å². The third-order valence-electron chi connectivity index (χ3n) is 2.66. The highest BCUT2D eigenvalue weighted by atomic mass is 19.1. The highest BCUT2D eigenvalue weighted by Gasteiger charge is 2.13. The molecule has 0 amide bonds. The molecular weight excluding hydrogens is 221 g/mol. The van der Waals surface area contributed by atoms with Crippen molar-refractivity contribution in [3.63, 3.8) is 0 Å². The summed E-state index contributed by atoms with van der Waals surface area (Å²) in [5.41, 5.74) is 8.13. The molecule has 0 aliphatic heterocycles. The number of nitrogen functional groups attached to an aromatic ring is 1. The molecule has 5 heteroatoms. The van der Waals surface area contributed by atoms with Crippen molar-refractivity contribution < 1.29 is 9.13 Å². The van der Waals surface area contributed by atoms with Gasteiger partial charge in [-0.1, -0.05) is 13.0 Å². The standard InChI is InChI=1S/C12H14FN3O/c1-3-9-11(12(14)16-15-9)7-4-5-10(17-2)8(13)6-7/h4-6H,3H2,1-2H3,(H3,14,15,16). The van der Waals surface area contributed by atoms with Gasteiger partial charge in [0.2, 0.25) is 0 Å². The molecule has 0 saturated heterocycles. The molecule has 17 heavy (non-hydrogen) atoms. The summed E-state index contributed by atoms with van der Waals surface area (Å²) in [6.45, 7) is 1.98. The zero-order valence-electron chi connectivity index (χ0n) is 9.75. The number of anilines is 1. The molecule has 3 N–H and O–H groups in total. The number of halogens is 1. The Hall–Kier alpha value is -2.04. The Morgan fingerprint density at radius 1 is 1.47 bits per heavy atom. The van der Waals surface area contributed by atoms with Crippen LogP contribution in [-0.2, 0) is 6.42 Å². The smallest absolute Gasteiger partial charge is 0.165 e. The molecule has 4 nitrogen and oxygen atoms in total. The molecular formula is C12H14FN3O. The van der Waals surface area contributed by atoms with E-state index in [1.165, 1.54) is 13.2 Å². The predicted octanol–water partition coefficient (Wildman–Crippen LogP) is 2.37. The third-order valence-corrected chi connectivity index (χ3v) is 2.66. The fourth-order valence-corrected chi connectivity index (χ4v) is 1.79. The van der Waals surface area contributed by atoms with E-state index in [9.17, 15) is 4.39 Å². The Balaban J connectivity index is 2.53. The molecule has 0 fully saturated rings. The van der Waals surface area contributed by atoms with Crippen molar-refractivity contribution in [2.24, 2.45) is 0 Å². The van der Waals surface area contributed by atoms with E-state index < -0.39 is 5.82 Å². The lowest BCUT2D eigenvalue weighted by atomic mass is 10.0. The van der Waals surface area contributed by atoms with Gasteiger partial charge < -0.3 is 10.5 Å². The minimum absolute atomic E-state index is 0.217. The van der Waals surface area contributed by atoms with Crippen molar-refractivity contribution in [1.82, 2.24) is 10.2 Å². The monoisotopic (exact) mass is 235 g/mol. The lowest BCUT2D eigenvalue weighted by Gasteiger charge is -2.06. The summed E-state index contributed by atoms with van der Waals surface area (Å²) >= 11 is 0. The van der Waals surface area contributed by atoms with Crippen LogP contribution in [0.4, 0.5) is 10.2 Å². The van der Waals surface area contributed by atoms with Crippen LogP contribution in [0, 0.1) is 5.82 Å². The number of nitrogens with one attached hydrogen (secondary N) is 1. The van der Waals surface area contributed by atoms with Gasteiger partial charge in [0.1, 0.15) is 0 Å². The third kappa shape index (κ3) is 1.95. The zero-order valence-corrected chi connectivity index (χ0v) is 9.75. The molecule has 0 atom stereocenters. The topological polar surface area (TPSA) is 63.9 Å². The lowest BCUT2D eigenvalue weighted by molar-refractivity contribution is 0.386. The fourth-order valence-electron chi connectivity index (χ4n) is 1.79. The van der Waals surface area contributed by atoms with Gasteiger partial charge in [-0.3, -0.25) is 5.10 Å². The number of rotatable bonds is 3. The highest BCUT2D eigenvalue weighted by molar-refractivity contribution is 5.76. The summed E-state index contributed by atoms with van der Waals surface area (Å²) in [6, 6.07) is 4.75. The van der Waals surface area contributed by atoms with Crippen molar-refractivity contribution in [2.45, 2.75) is 13.3 Å². The number of methoxy groups -OCH3 is 1. The number of aromatic nitrogens is 2. The number of nitrogens with two attached hydrogens (primary N) is 1. The highest BCUT2D eigenvalue weighted by Crippen LogP contribution is 2.31. The van der Waals surface area contributed by atoms with E-state index in [0.717, 1.165) is 17.7 Å². The number of aryl methyl sites for hydroxylation is 1. The second-order valence-corrected chi connectivity index (χ2v) is 3.67. The number of hydrogen-bond acceptors (Lipinski definition) is 3. The molecule has 2 aromatic rings. The Morgan fingerprint density at radius 2 is 2.24 bits per heavy atom. The first kappa shape index (κ1) is 11.4. The van der Waals surface area contributed by atoms with Crippen LogP contribution < -0.4 is 10.5 Å². The second kappa shape index (κ2) is 4.45. The molecule has 0 bridgehead atoms. The average molecular weight is 235 g/mol. The minimum atomic E-state index is -0.410. The molecule has 0 spiro atoms. The van der Waals surface area contributed by atoms with E-state index in [-0.39, 0.29) is 5.75 Å². The SMILES string of the molecule is CCc1[nH]nc(N)c1-c1ccc(OC)c(F)c1. The predicted molar refractivity (Wildman–Crippen MR) is 64.3 cm³/mol. The Morgan fingerprint density at radius 3 is 2.82 bits per heavy atom. The van der Waals surface area contributed by atoms with Gasteiger partial charge in [0.25, 0.3) is 0 Å². The van der Waals surface area contributed by atoms with Crippen LogP contribution in [0.5, 0.6) is 5.75 Å². The first-order chi connectivity index (χ1) is 8.17. The van der Waals surface area contributed by atoms with Crippen molar-refractivity contribution in [1.29, 1.82) is 0 Å². The molecule has 2 rings (SSSR count). The van der Waals surface area contributed by atoms with Crippen LogP contribution in [-0.4, -0.2) is 17.3 Å². The second-order valence-electron chi connectivity index (χ2n) is 3.67. The van der Waals surface area contributed by atoms with Crippen molar-refractivity contribution in [3.8, 4) is 16.9 Å². The van der Waals surface area contributed by atoms with Gasteiger partial charge in [-0.15, -0.1) is 0 Å². The van der Waals surface area contributed by atoms with Crippen LogP contribution in [0.1, 0.15) is 12.6 Å². The minimum Gasteiger partial charge on any atom is -0.494 e. The van der Waals surface area contributed by atoms with Gasteiger partial charge in [0.15, 0.2) is 17.4 Å². The quantitative estimate of drug-likeness (QED) is 0.858. The lowest BCUT2D eigenvalue weighted by Crippen LogP contribution is -1.92. The molecule has 0 aliphatic carbocycles. The van der Waals surface area contributed by atoms with Crippen LogP contribution in [0.3, 0.4) is 0 Å². The molecule has 1 aromatic heterocycles. The molecule has 90 valence electrons. The number of benzene rings is 1. The average Bonchev–Trinajstić information content (AvgIpc) is 2.70. The van der Waals surface area contributed by atoms with Gasteiger partial charge in [0.05, 0.1) is 7.11 Å². The first-order valence-corrected chi connectivity index (χ1v) is 5.34. The molecule has 0 saturated carbocycles. The number of H-pyrrole nitrogens is 1. The van der Waals surface area contributed by atoms with Crippen LogP contribution in [0.2, 0.25) is 0 Å². The molecule has 0 aliphatic rings. The zero-order chi connectivity index (χ0) is 12.4. The number of nitrogens with zero attached hydrogens (tertiary/aromatic N) is 1. The molecule has 0 unspecified atom stereocenters. The molecule has 0 radical (unpaired) electrons. The first-order valence-electron chi connectivity index (χ1n) is 5.34. The van der Waals surface area contributed by atoms with Crippen molar-refractivity contribution in [3.05, 3.63) is 29.7 Å². The summed E-state index contributed by atoms with van der Waals surface area (Å²) in [4.78, 5) is 0. The number of aromatic amines is 1. The van der Waals surface area contributed by atoms with Crippen molar-refractivity contribution in [2.75, 3.05) is 12.8 Å². The Kier molecular flexibility index (Phi) is 2.99.